The fourth-order valence-electron chi connectivity index (χ4n) is 5.61. The number of aromatic carboxylic acids is 1. The number of hydrogen-bond acceptors (Lipinski definition) is 5. The van der Waals surface area contributed by atoms with E-state index in [9.17, 15) is 9.90 Å². The van der Waals surface area contributed by atoms with Gasteiger partial charge in [0.05, 0.1) is 42.4 Å². The van der Waals surface area contributed by atoms with Gasteiger partial charge in [-0.25, -0.2) is 9.78 Å². The number of hydrogen-bond donors (Lipinski definition) is 2. The second kappa shape index (κ2) is 10.6. The van der Waals surface area contributed by atoms with Crippen LogP contribution in [-0.4, -0.2) is 48.5 Å². The lowest BCUT2D eigenvalue weighted by Gasteiger charge is -2.38. The standard InChI is InChI=1S/C29H25Cl2N3O2S2/c1-37-19-6-7-27-20(15-19)24(12-17-4-2-3-5-26(17)38-27)33-8-10-34(11-9-33)25-16-23(29(35)36)32-22-14-18(30)13-21(31)28(22)25/h2-7,13-16,24H,8-12H2,1H3,(H,35,36)/p+1/t24-/m1/s1. The number of nitrogens with one attached hydrogen (secondary N) is 1. The molecule has 3 heterocycles. The molecule has 38 heavy (non-hydrogen) atoms. The Balaban J connectivity index is 1.33. The molecule has 0 amide bonds. The molecule has 1 saturated heterocycles. The molecule has 0 unspecified atom stereocenters. The lowest BCUT2D eigenvalue weighted by Crippen LogP contribution is -3.15. The van der Waals surface area contributed by atoms with E-state index in [1.165, 1.54) is 25.8 Å². The van der Waals surface area contributed by atoms with Gasteiger partial charge >= 0.3 is 5.97 Å². The molecular formula is C29H26Cl2N3O2S2+. The Morgan fingerprint density at radius 3 is 2.63 bits per heavy atom. The Morgan fingerprint density at radius 2 is 1.87 bits per heavy atom. The summed E-state index contributed by atoms with van der Waals surface area (Å²) in [7, 11) is 0. The fourth-order valence-corrected chi connectivity index (χ4v) is 7.76. The molecule has 0 spiro atoms. The molecule has 1 fully saturated rings. The fraction of sp³-hybridized carbons (Fsp3) is 0.241. The van der Waals surface area contributed by atoms with E-state index < -0.39 is 5.97 Å². The molecule has 2 N–H and O–H groups in total. The molecule has 4 aromatic rings. The minimum Gasteiger partial charge on any atom is -0.477 e. The SMILES string of the molecule is CSc1ccc2c(c1)[C@H]([NH+]1CCN(c3cc(C(=O)O)nc4cc(Cl)cc(Cl)c34)CC1)Cc1ccccc1S2. The number of quaternary nitrogens is 1. The molecule has 9 heteroatoms. The molecule has 2 aliphatic rings. The molecule has 0 bridgehead atoms. The molecule has 1 aromatic heterocycles. The van der Waals surface area contributed by atoms with Crippen molar-refractivity contribution in [3.8, 4) is 0 Å². The van der Waals surface area contributed by atoms with Crippen molar-refractivity contribution in [1.29, 1.82) is 0 Å². The van der Waals surface area contributed by atoms with Gasteiger partial charge < -0.3 is 14.9 Å². The molecule has 0 saturated carbocycles. The number of carbonyl (C=O) groups is 1. The third kappa shape index (κ3) is 4.87. The largest absolute Gasteiger partial charge is 0.477 e. The second-order valence-corrected chi connectivity index (χ2v) is 12.4. The summed E-state index contributed by atoms with van der Waals surface area (Å²) in [5, 5.41) is 11.4. The van der Waals surface area contributed by atoms with E-state index in [1.807, 2.05) is 11.8 Å². The topological polar surface area (TPSA) is 57.9 Å². The number of aromatic nitrogens is 1. The van der Waals surface area contributed by atoms with E-state index >= 15 is 0 Å². The number of anilines is 1. The summed E-state index contributed by atoms with van der Waals surface area (Å²) in [6.07, 6.45) is 3.12. The lowest BCUT2D eigenvalue weighted by atomic mass is 9.96. The maximum absolute atomic E-state index is 11.9. The predicted octanol–water partition coefficient (Wildman–Crippen LogP) is 6.12. The van der Waals surface area contributed by atoms with Crippen molar-refractivity contribution in [3.05, 3.63) is 87.5 Å². The van der Waals surface area contributed by atoms with Gasteiger partial charge in [-0.15, -0.1) is 11.8 Å². The van der Waals surface area contributed by atoms with E-state index in [0.717, 1.165) is 43.7 Å². The van der Waals surface area contributed by atoms with Crippen molar-refractivity contribution in [2.24, 2.45) is 0 Å². The highest BCUT2D eigenvalue weighted by molar-refractivity contribution is 7.99. The van der Waals surface area contributed by atoms with Crippen molar-refractivity contribution in [1.82, 2.24) is 4.98 Å². The molecule has 6 rings (SSSR count). The van der Waals surface area contributed by atoms with Gasteiger partial charge in [0.1, 0.15) is 6.04 Å². The number of pyridine rings is 1. The minimum absolute atomic E-state index is 0.00321. The number of benzene rings is 3. The van der Waals surface area contributed by atoms with Crippen molar-refractivity contribution in [3.63, 3.8) is 0 Å². The molecule has 1 atom stereocenters. The molecule has 0 radical (unpaired) electrons. The summed E-state index contributed by atoms with van der Waals surface area (Å²) in [5.41, 5.74) is 4.12. The summed E-state index contributed by atoms with van der Waals surface area (Å²) < 4.78 is 0. The van der Waals surface area contributed by atoms with Gasteiger partial charge in [0.25, 0.3) is 0 Å². The number of halogens is 2. The molecular weight excluding hydrogens is 557 g/mol. The van der Waals surface area contributed by atoms with Crippen molar-refractivity contribution in [2.75, 3.05) is 37.3 Å². The Morgan fingerprint density at radius 1 is 1.08 bits per heavy atom. The van der Waals surface area contributed by atoms with Crippen LogP contribution in [0.4, 0.5) is 5.69 Å². The normalized spacial score (nSPS) is 17.7. The smallest absolute Gasteiger partial charge is 0.354 e. The van der Waals surface area contributed by atoms with E-state index in [2.05, 4.69) is 58.6 Å². The molecule has 3 aromatic carbocycles. The highest BCUT2D eigenvalue weighted by Crippen LogP contribution is 2.41. The number of piperazine rings is 1. The molecule has 0 aliphatic carbocycles. The van der Waals surface area contributed by atoms with Crippen LogP contribution in [0.1, 0.15) is 27.7 Å². The van der Waals surface area contributed by atoms with Crippen LogP contribution in [-0.2, 0) is 6.42 Å². The zero-order valence-electron chi connectivity index (χ0n) is 20.7. The predicted molar refractivity (Wildman–Crippen MR) is 157 cm³/mol. The molecule has 2 aliphatic heterocycles. The summed E-state index contributed by atoms with van der Waals surface area (Å²) in [4.78, 5) is 23.9. The zero-order chi connectivity index (χ0) is 26.4. The van der Waals surface area contributed by atoms with Gasteiger partial charge in [0.15, 0.2) is 5.69 Å². The van der Waals surface area contributed by atoms with Crippen LogP contribution in [0.2, 0.25) is 10.0 Å². The maximum atomic E-state index is 11.9. The average Bonchev–Trinajstić information content (AvgIpc) is 3.08. The lowest BCUT2D eigenvalue weighted by molar-refractivity contribution is -0.932. The second-order valence-electron chi connectivity index (χ2n) is 9.63. The number of thioether (sulfide) groups is 1. The van der Waals surface area contributed by atoms with Gasteiger partial charge in [-0.2, -0.15) is 0 Å². The number of carboxylic acid groups (broad SMARTS) is 1. The Kier molecular flexibility index (Phi) is 7.22. The van der Waals surface area contributed by atoms with Crippen LogP contribution < -0.4 is 9.80 Å². The minimum atomic E-state index is -1.07. The van der Waals surface area contributed by atoms with Gasteiger partial charge in [0.2, 0.25) is 0 Å². The van der Waals surface area contributed by atoms with Crippen molar-refractivity contribution in [2.45, 2.75) is 27.1 Å². The van der Waals surface area contributed by atoms with Crippen LogP contribution in [0, 0.1) is 0 Å². The molecule has 194 valence electrons. The number of carboxylic acids is 1. The van der Waals surface area contributed by atoms with Gasteiger partial charge in [0, 0.05) is 37.1 Å². The first-order valence-corrected chi connectivity index (χ1v) is 15.3. The zero-order valence-corrected chi connectivity index (χ0v) is 23.9. The van der Waals surface area contributed by atoms with Gasteiger partial charge in [-0.05, 0) is 54.3 Å². The van der Waals surface area contributed by atoms with Crippen LogP contribution in [0.15, 0.2) is 75.4 Å². The van der Waals surface area contributed by atoms with Gasteiger partial charge in [-0.1, -0.05) is 53.2 Å². The highest BCUT2D eigenvalue weighted by atomic mass is 35.5. The quantitative estimate of drug-likeness (QED) is 0.283. The third-order valence-corrected chi connectivity index (χ3v) is 9.92. The summed E-state index contributed by atoms with van der Waals surface area (Å²) in [6.45, 7) is 3.43. The number of fused-ring (bicyclic) bond motifs is 3. The number of rotatable bonds is 4. The number of nitrogens with zero attached hydrogens (tertiary/aromatic N) is 2. The third-order valence-electron chi connectivity index (χ3n) is 7.47. The van der Waals surface area contributed by atoms with E-state index in [1.54, 1.807) is 34.9 Å². The van der Waals surface area contributed by atoms with E-state index in [0.29, 0.717) is 21.6 Å². The summed E-state index contributed by atoms with van der Waals surface area (Å²) >= 11 is 16.5. The van der Waals surface area contributed by atoms with Crippen molar-refractivity contribution >= 4 is 69.3 Å². The first kappa shape index (κ1) is 25.8. The first-order valence-electron chi connectivity index (χ1n) is 12.5. The maximum Gasteiger partial charge on any atom is 0.354 e. The Labute approximate surface area is 240 Å². The van der Waals surface area contributed by atoms with E-state index in [-0.39, 0.29) is 5.69 Å². The summed E-state index contributed by atoms with van der Waals surface area (Å²) in [6, 6.07) is 21.0. The van der Waals surface area contributed by atoms with Crippen LogP contribution >= 0.6 is 46.7 Å². The summed E-state index contributed by atoms with van der Waals surface area (Å²) in [5.74, 6) is -1.07. The Bertz CT molecular complexity index is 1560. The Hall–Kier alpha value is -2.42. The van der Waals surface area contributed by atoms with Crippen molar-refractivity contribution < 1.29 is 14.8 Å². The highest BCUT2D eigenvalue weighted by Gasteiger charge is 2.34. The van der Waals surface area contributed by atoms with Crippen LogP contribution in [0.3, 0.4) is 0 Å². The molecule has 5 nitrogen and oxygen atoms in total. The van der Waals surface area contributed by atoms with Gasteiger partial charge in [-0.3, -0.25) is 0 Å². The average molecular weight is 584 g/mol. The first-order chi connectivity index (χ1) is 18.4. The van der Waals surface area contributed by atoms with Crippen LogP contribution in [0.25, 0.3) is 10.9 Å². The van der Waals surface area contributed by atoms with E-state index in [4.69, 9.17) is 23.2 Å². The monoisotopic (exact) mass is 582 g/mol. The van der Waals surface area contributed by atoms with Crippen LogP contribution in [0.5, 0.6) is 0 Å².